The highest BCUT2D eigenvalue weighted by Gasteiger charge is 2.19. The van der Waals surface area contributed by atoms with Crippen LogP contribution in [0.15, 0.2) is 12.1 Å². The molecule has 1 atom stereocenters. The number of hydrogen-bond acceptors (Lipinski definition) is 2. The first-order valence-corrected chi connectivity index (χ1v) is 6.13. The molecule has 0 saturated carbocycles. The van der Waals surface area contributed by atoms with Crippen LogP contribution in [0.5, 0.6) is 11.5 Å². The van der Waals surface area contributed by atoms with Crippen molar-refractivity contribution in [2.45, 2.75) is 39.0 Å². The van der Waals surface area contributed by atoms with Gasteiger partial charge in [-0.3, -0.25) is 0 Å². The molecule has 0 heterocycles. The van der Waals surface area contributed by atoms with Crippen molar-refractivity contribution in [3.05, 3.63) is 23.3 Å². The summed E-state index contributed by atoms with van der Waals surface area (Å²) in [5.41, 5.74) is 2.66. The van der Waals surface area contributed by atoms with Gasteiger partial charge in [-0.05, 0) is 48.4 Å². The lowest BCUT2D eigenvalue weighted by molar-refractivity contribution is 0.368. The summed E-state index contributed by atoms with van der Waals surface area (Å²) >= 11 is 0. The smallest absolute Gasteiger partial charge is 0.160 e. The fourth-order valence-electron chi connectivity index (χ4n) is 2.67. The topological polar surface area (TPSA) is 29.5 Å². The lowest BCUT2D eigenvalue weighted by Crippen LogP contribution is -2.14. The van der Waals surface area contributed by atoms with Gasteiger partial charge in [0.2, 0.25) is 0 Å². The van der Waals surface area contributed by atoms with E-state index >= 15 is 0 Å². The minimum Gasteiger partial charge on any atom is -0.504 e. The van der Waals surface area contributed by atoms with Gasteiger partial charge in [-0.25, -0.2) is 0 Å². The number of ether oxygens (including phenoxy) is 1. The average molecular weight is 220 g/mol. The van der Waals surface area contributed by atoms with Gasteiger partial charge in [0.1, 0.15) is 0 Å². The van der Waals surface area contributed by atoms with Crippen LogP contribution in [0, 0.1) is 5.92 Å². The molecule has 88 valence electrons. The van der Waals surface area contributed by atoms with Crippen LogP contribution in [0.1, 0.15) is 37.3 Å². The summed E-state index contributed by atoms with van der Waals surface area (Å²) in [5, 5.41) is 9.71. The Morgan fingerprint density at radius 2 is 2.19 bits per heavy atom. The third-order valence-electron chi connectivity index (χ3n) is 3.53. The number of aromatic hydroxyl groups is 1. The number of hydrogen-bond donors (Lipinski definition) is 1. The summed E-state index contributed by atoms with van der Waals surface area (Å²) in [6, 6.07) is 3.88. The Kier molecular flexibility index (Phi) is 3.37. The molecule has 16 heavy (non-hydrogen) atoms. The van der Waals surface area contributed by atoms with E-state index in [1.54, 1.807) is 7.11 Å². The molecule has 1 aromatic carbocycles. The van der Waals surface area contributed by atoms with Crippen LogP contribution >= 0.6 is 0 Å². The van der Waals surface area contributed by atoms with Gasteiger partial charge in [0.25, 0.3) is 0 Å². The number of aryl methyl sites for hydroxylation is 1. The molecule has 2 rings (SSSR count). The zero-order valence-corrected chi connectivity index (χ0v) is 10.1. The van der Waals surface area contributed by atoms with Gasteiger partial charge in [0, 0.05) is 0 Å². The van der Waals surface area contributed by atoms with Gasteiger partial charge in [-0.15, -0.1) is 0 Å². The molecule has 0 amide bonds. The van der Waals surface area contributed by atoms with Gasteiger partial charge in [-0.1, -0.05) is 19.8 Å². The number of phenols is 1. The molecule has 2 nitrogen and oxygen atoms in total. The monoisotopic (exact) mass is 220 g/mol. The molecule has 0 spiro atoms. The molecule has 0 fully saturated rings. The second-order valence-electron chi connectivity index (χ2n) is 4.69. The van der Waals surface area contributed by atoms with Gasteiger partial charge in [0.05, 0.1) is 7.11 Å². The zero-order valence-electron chi connectivity index (χ0n) is 10.1. The number of methoxy groups -OCH3 is 1. The minimum atomic E-state index is 0.273. The number of benzene rings is 1. The van der Waals surface area contributed by atoms with Gasteiger partial charge in [0.15, 0.2) is 11.5 Å². The van der Waals surface area contributed by atoms with E-state index in [0.717, 1.165) is 18.8 Å². The molecule has 0 saturated heterocycles. The predicted octanol–water partition coefficient (Wildman–Crippen LogP) is 3.31. The summed E-state index contributed by atoms with van der Waals surface area (Å²) < 4.78 is 5.16. The molecule has 1 unspecified atom stereocenters. The number of phenolic OH excluding ortho intramolecular Hbond substituents is 1. The Bertz CT molecular complexity index is 371. The van der Waals surface area contributed by atoms with Crippen molar-refractivity contribution in [2.24, 2.45) is 5.92 Å². The molecule has 0 aliphatic heterocycles. The lowest BCUT2D eigenvalue weighted by atomic mass is 9.81. The van der Waals surface area contributed by atoms with Crippen LogP contribution in [0.4, 0.5) is 0 Å². The van der Waals surface area contributed by atoms with Crippen molar-refractivity contribution >= 4 is 0 Å². The fourth-order valence-corrected chi connectivity index (χ4v) is 2.67. The van der Waals surface area contributed by atoms with E-state index in [2.05, 4.69) is 6.92 Å². The summed E-state index contributed by atoms with van der Waals surface area (Å²) in [5.74, 6) is 1.69. The molecule has 2 heteroatoms. The third kappa shape index (κ3) is 2.16. The molecule has 0 bridgehead atoms. The fraction of sp³-hybridized carbons (Fsp3) is 0.571. The second kappa shape index (κ2) is 4.77. The second-order valence-corrected chi connectivity index (χ2v) is 4.69. The SMILES string of the molecule is CCCC1CCc2cc(O)c(OC)cc2C1. The maximum atomic E-state index is 9.71. The molecule has 1 aliphatic carbocycles. The Morgan fingerprint density at radius 1 is 1.38 bits per heavy atom. The van der Waals surface area contributed by atoms with E-state index in [1.165, 1.54) is 30.4 Å². The highest BCUT2D eigenvalue weighted by Crippen LogP contribution is 2.35. The molecule has 0 radical (unpaired) electrons. The van der Waals surface area contributed by atoms with E-state index in [1.807, 2.05) is 12.1 Å². The summed E-state index contributed by atoms with van der Waals surface area (Å²) in [6.07, 6.45) is 6.06. The van der Waals surface area contributed by atoms with E-state index in [-0.39, 0.29) is 5.75 Å². The first kappa shape index (κ1) is 11.3. The van der Waals surface area contributed by atoms with E-state index < -0.39 is 0 Å². The van der Waals surface area contributed by atoms with E-state index in [4.69, 9.17) is 4.74 Å². The van der Waals surface area contributed by atoms with Crippen LogP contribution < -0.4 is 4.74 Å². The van der Waals surface area contributed by atoms with E-state index in [9.17, 15) is 5.11 Å². The van der Waals surface area contributed by atoms with Crippen molar-refractivity contribution in [1.29, 1.82) is 0 Å². The Balaban J connectivity index is 2.23. The third-order valence-corrected chi connectivity index (χ3v) is 3.53. The molecule has 1 N–H and O–H groups in total. The minimum absolute atomic E-state index is 0.273. The average Bonchev–Trinajstić information content (AvgIpc) is 2.29. The Hall–Kier alpha value is -1.18. The highest BCUT2D eigenvalue weighted by atomic mass is 16.5. The predicted molar refractivity (Wildman–Crippen MR) is 65.1 cm³/mol. The van der Waals surface area contributed by atoms with Crippen molar-refractivity contribution in [3.63, 3.8) is 0 Å². The van der Waals surface area contributed by atoms with Gasteiger partial charge >= 0.3 is 0 Å². The van der Waals surface area contributed by atoms with Crippen molar-refractivity contribution in [2.75, 3.05) is 7.11 Å². The van der Waals surface area contributed by atoms with E-state index in [0.29, 0.717) is 5.75 Å². The van der Waals surface area contributed by atoms with Gasteiger partial charge < -0.3 is 9.84 Å². The molecular weight excluding hydrogens is 200 g/mol. The van der Waals surface area contributed by atoms with Crippen LogP contribution in [0.2, 0.25) is 0 Å². The summed E-state index contributed by atoms with van der Waals surface area (Å²) in [4.78, 5) is 0. The Morgan fingerprint density at radius 3 is 2.88 bits per heavy atom. The van der Waals surface area contributed by atoms with Gasteiger partial charge in [-0.2, -0.15) is 0 Å². The molecule has 0 aromatic heterocycles. The Labute approximate surface area is 97.3 Å². The number of rotatable bonds is 3. The lowest BCUT2D eigenvalue weighted by Gasteiger charge is -2.25. The quantitative estimate of drug-likeness (QED) is 0.846. The highest BCUT2D eigenvalue weighted by molar-refractivity contribution is 5.47. The van der Waals surface area contributed by atoms with Crippen molar-refractivity contribution in [3.8, 4) is 11.5 Å². The largest absolute Gasteiger partial charge is 0.504 e. The molecular formula is C14H20O2. The van der Waals surface area contributed by atoms with Crippen LogP contribution in [0.25, 0.3) is 0 Å². The van der Waals surface area contributed by atoms with Crippen molar-refractivity contribution < 1.29 is 9.84 Å². The van der Waals surface area contributed by atoms with Crippen LogP contribution in [0.3, 0.4) is 0 Å². The van der Waals surface area contributed by atoms with Crippen LogP contribution in [-0.4, -0.2) is 12.2 Å². The maximum absolute atomic E-state index is 9.71. The van der Waals surface area contributed by atoms with Crippen molar-refractivity contribution in [1.82, 2.24) is 0 Å². The number of fused-ring (bicyclic) bond motifs is 1. The standard InChI is InChI=1S/C14H20O2/c1-3-4-10-5-6-11-8-13(15)14(16-2)9-12(11)7-10/h8-10,15H,3-7H2,1-2H3. The molecule has 1 aromatic rings. The maximum Gasteiger partial charge on any atom is 0.160 e. The first-order chi connectivity index (χ1) is 7.74. The van der Waals surface area contributed by atoms with Crippen LogP contribution in [-0.2, 0) is 12.8 Å². The summed E-state index contributed by atoms with van der Waals surface area (Å²) in [6.45, 7) is 2.24. The normalized spacial score (nSPS) is 19.2. The first-order valence-electron chi connectivity index (χ1n) is 6.13. The summed E-state index contributed by atoms with van der Waals surface area (Å²) in [7, 11) is 1.60. The zero-order chi connectivity index (χ0) is 11.5. The molecule has 1 aliphatic rings.